The molecule has 30 heavy (non-hydrogen) atoms. The normalized spacial score (nSPS) is 11.3. The number of amides is 1. The van der Waals surface area contributed by atoms with E-state index in [9.17, 15) is 13.2 Å². The van der Waals surface area contributed by atoms with Gasteiger partial charge in [-0.2, -0.15) is 0 Å². The summed E-state index contributed by atoms with van der Waals surface area (Å²) in [5, 5.41) is 4.94. The molecule has 0 radical (unpaired) electrons. The highest BCUT2D eigenvalue weighted by molar-refractivity contribution is 7.92. The lowest BCUT2D eigenvalue weighted by molar-refractivity contribution is -0.119. The van der Waals surface area contributed by atoms with Crippen molar-refractivity contribution < 1.29 is 17.9 Å². The summed E-state index contributed by atoms with van der Waals surface area (Å²) in [7, 11) is -3.61. The van der Waals surface area contributed by atoms with Crippen molar-refractivity contribution in [2.24, 2.45) is 0 Å². The summed E-state index contributed by atoms with van der Waals surface area (Å²) in [6, 6.07) is 19.3. The molecule has 0 aliphatic carbocycles. The zero-order valence-corrected chi connectivity index (χ0v) is 18.2. The van der Waals surface area contributed by atoms with Crippen molar-refractivity contribution in [3.8, 4) is 5.75 Å². The second-order valence-corrected chi connectivity index (χ2v) is 9.17. The topological polar surface area (TPSA) is 75.7 Å². The average molecular weight is 427 g/mol. The summed E-state index contributed by atoms with van der Waals surface area (Å²) >= 11 is 0. The minimum Gasteiger partial charge on any atom is -0.492 e. The summed E-state index contributed by atoms with van der Waals surface area (Å²) in [4.78, 5) is 12.4. The van der Waals surface area contributed by atoms with Crippen LogP contribution in [0.25, 0.3) is 10.8 Å². The monoisotopic (exact) mass is 426 g/mol. The number of ether oxygens (including phenoxy) is 1. The van der Waals surface area contributed by atoms with Gasteiger partial charge in [-0.25, -0.2) is 8.42 Å². The predicted molar refractivity (Wildman–Crippen MR) is 121 cm³/mol. The molecule has 0 aliphatic rings. The van der Waals surface area contributed by atoms with Crippen LogP contribution in [0, 0.1) is 13.8 Å². The number of aryl methyl sites for hydroxylation is 2. The fourth-order valence-electron chi connectivity index (χ4n) is 3.17. The van der Waals surface area contributed by atoms with Crippen molar-refractivity contribution in [2.75, 3.05) is 30.3 Å². The molecular weight excluding hydrogens is 400 g/mol. The molecule has 0 aromatic heterocycles. The van der Waals surface area contributed by atoms with Crippen molar-refractivity contribution in [1.29, 1.82) is 0 Å². The molecule has 0 saturated heterocycles. The molecule has 0 spiro atoms. The molecule has 7 heteroatoms. The van der Waals surface area contributed by atoms with Gasteiger partial charge < -0.3 is 10.1 Å². The maximum absolute atomic E-state index is 12.4. The quantitative estimate of drug-likeness (QED) is 0.560. The van der Waals surface area contributed by atoms with E-state index in [0.29, 0.717) is 5.69 Å². The van der Waals surface area contributed by atoms with E-state index in [-0.39, 0.29) is 25.6 Å². The largest absolute Gasteiger partial charge is 0.492 e. The van der Waals surface area contributed by atoms with E-state index in [4.69, 9.17) is 4.74 Å². The first-order valence-electron chi connectivity index (χ1n) is 9.67. The van der Waals surface area contributed by atoms with E-state index >= 15 is 0 Å². The van der Waals surface area contributed by atoms with Crippen LogP contribution >= 0.6 is 0 Å². The lowest BCUT2D eigenvalue weighted by Crippen LogP contribution is -2.41. The van der Waals surface area contributed by atoms with Crippen LogP contribution in [0.15, 0.2) is 60.7 Å². The second-order valence-electron chi connectivity index (χ2n) is 7.27. The van der Waals surface area contributed by atoms with Gasteiger partial charge in [0, 0.05) is 0 Å². The minimum absolute atomic E-state index is 0.274. The van der Waals surface area contributed by atoms with Crippen molar-refractivity contribution in [2.45, 2.75) is 13.8 Å². The molecule has 0 saturated carbocycles. The first kappa shape index (κ1) is 21.6. The molecule has 0 atom stereocenters. The van der Waals surface area contributed by atoms with Gasteiger partial charge in [0.25, 0.3) is 0 Å². The van der Waals surface area contributed by atoms with Crippen LogP contribution in [-0.2, 0) is 14.8 Å². The Balaban J connectivity index is 1.57. The third-order valence-corrected chi connectivity index (χ3v) is 5.86. The molecule has 0 fully saturated rings. The van der Waals surface area contributed by atoms with Crippen molar-refractivity contribution >= 4 is 32.4 Å². The Hall–Kier alpha value is -3.06. The van der Waals surface area contributed by atoms with Gasteiger partial charge in [-0.15, -0.1) is 0 Å². The van der Waals surface area contributed by atoms with Crippen LogP contribution in [0.2, 0.25) is 0 Å². The number of benzene rings is 3. The van der Waals surface area contributed by atoms with Crippen molar-refractivity contribution in [3.63, 3.8) is 0 Å². The van der Waals surface area contributed by atoms with Crippen LogP contribution in [-0.4, -0.2) is 40.3 Å². The Kier molecular flexibility index (Phi) is 6.62. The highest BCUT2D eigenvalue weighted by Gasteiger charge is 2.22. The Labute approximate surface area is 177 Å². The van der Waals surface area contributed by atoms with E-state index in [1.54, 1.807) is 6.07 Å². The SMILES string of the molecule is Cc1ccc(C)c(N(CC(=O)NCCOc2ccc3ccccc3c2)S(C)(=O)=O)c1. The lowest BCUT2D eigenvalue weighted by Gasteiger charge is -2.24. The Morgan fingerprint density at radius 1 is 1.00 bits per heavy atom. The molecule has 0 bridgehead atoms. The summed E-state index contributed by atoms with van der Waals surface area (Å²) in [6.07, 6.45) is 1.10. The Morgan fingerprint density at radius 2 is 1.73 bits per heavy atom. The van der Waals surface area contributed by atoms with Gasteiger partial charge in [0.15, 0.2) is 0 Å². The van der Waals surface area contributed by atoms with E-state index in [1.807, 2.05) is 68.4 Å². The van der Waals surface area contributed by atoms with E-state index in [0.717, 1.165) is 38.2 Å². The van der Waals surface area contributed by atoms with Gasteiger partial charge in [0.05, 0.1) is 18.5 Å². The van der Waals surface area contributed by atoms with Crippen molar-refractivity contribution in [3.05, 3.63) is 71.8 Å². The van der Waals surface area contributed by atoms with Crippen LogP contribution < -0.4 is 14.4 Å². The van der Waals surface area contributed by atoms with Crippen LogP contribution in [0.3, 0.4) is 0 Å². The number of nitrogens with one attached hydrogen (secondary N) is 1. The van der Waals surface area contributed by atoms with E-state index in [2.05, 4.69) is 5.32 Å². The van der Waals surface area contributed by atoms with Crippen LogP contribution in [0.5, 0.6) is 5.75 Å². The molecule has 3 rings (SSSR count). The smallest absolute Gasteiger partial charge is 0.240 e. The van der Waals surface area contributed by atoms with Crippen LogP contribution in [0.4, 0.5) is 5.69 Å². The first-order chi connectivity index (χ1) is 14.2. The predicted octanol–water partition coefficient (Wildman–Crippen LogP) is 3.42. The zero-order chi connectivity index (χ0) is 21.7. The average Bonchev–Trinajstić information content (AvgIpc) is 2.70. The number of rotatable bonds is 8. The minimum atomic E-state index is -3.61. The molecule has 0 aliphatic heterocycles. The van der Waals surface area contributed by atoms with Gasteiger partial charge in [-0.3, -0.25) is 9.10 Å². The summed E-state index contributed by atoms with van der Waals surface area (Å²) < 4.78 is 31.4. The molecule has 1 amide bonds. The van der Waals surface area contributed by atoms with Gasteiger partial charge in [-0.1, -0.05) is 42.5 Å². The maximum Gasteiger partial charge on any atom is 0.240 e. The van der Waals surface area contributed by atoms with E-state index < -0.39 is 10.0 Å². The third-order valence-electron chi connectivity index (χ3n) is 4.73. The molecular formula is C23H26N2O4S. The van der Waals surface area contributed by atoms with Crippen molar-refractivity contribution in [1.82, 2.24) is 5.32 Å². The molecule has 3 aromatic carbocycles. The number of fused-ring (bicyclic) bond motifs is 1. The van der Waals surface area contributed by atoms with E-state index in [1.165, 1.54) is 0 Å². The Bertz CT molecular complexity index is 1160. The molecule has 6 nitrogen and oxygen atoms in total. The summed E-state index contributed by atoms with van der Waals surface area (Å²) in [6.45, 7) is 3.98. The number of carbonyl (C=O) groups excluding carboxylic acids is 1. The zero-order valence-electron chi connectivity index (χ0n) is 17.4. The van der Waals surface area contributed by atoms with Crippen LogP contribution in [0.1, 0.15) is 11.1 Å². The summed E-state index contributed by atoms with van der Waals surface area (Å²) in [5.41, 5.74) is 2.23. The second kappa shape index (κ2) is 9.17. The maximum atomic E-state index is 12.4. The first-order valence-corrected chi connectivity index (χ1v) is 11.5. The summed E-state index contributed by atoms with van der Waals surface area (Å²) in [5.74, 6) is 0.333. The fourth-order valence-corrected chi connectivity index (χ4v) is 4.08. The molecule has 0 unspecified atom stereocenters. The number of hydrogen-bond donors (Lipinski definition) is 1. The number of nitrogens with zero attached hydrogens (tertiary/aromatic N) is 1. The van der Waals surface area contributed by atoms with Gasteiger partial charge in [0.1, 0.15) is 18.9 Å². The van der Waals surface area contributed by atoms with Gasteiger partial charge in [-0.05, 0) is 53.9 Å². The van der Waals surface area contributed by atoms with Gasteiger partial charge >= 0.3 is 0 Å². The molecule has 1 N–H and O–H groups in total. The number of anilines is 1. The number of sulfonamides is 1. The molecule has 0 heterocycles. The standard InChI is InChI=1S/C23H26N2O4S/c1-17-8-9-18(2)22(14-17)25(30(3,27)28)16-23(26)24-12-13-29-21-11-10-19-6-4-5-7-20(19)15-21/h4-11,14-15H,12-13,16H2,1-3H3,(H,24,26). The lowest BCUT2D eigenvalue weighted by atomic mass is 10.1. The van der Waals surface area contributed by atoms with Gasteiger partial charge in [0.2, 0.25) is 15.9 Å². The molecule has 158 valence electrons. The molecule has 3 aromatic rings. The highest BCUT2D eigenvalue weighted by Crippen LogP contribution is 2.24. The highest BCUT2D eigenvalue weighted by atomic mass is 32.2. The number of carbonyl (C=O) groups is 1. The number of hydrogen-bond acceptors (Lipinski definition) is 4. The third kappa shape index (κ3) is 5.51. The fraction of sp³-hybridized carbons (Fsp3) is 0.261. The Morgan fingerprint density at radius 3 is 2.47 bits per heavy atom.